The van der Waals surface area contributed by atoms with Crippen molar-refractivity contribution in [2.75, 3.05) is 6.61 Å². The molecule has 1 fully saturated rings. The first kappa shape index (κ1) is 28.6. The number of carbonyl (C=O) groups excluding carboxylic acids is 1. The quantitative estimate of drug-likeness (QED) is 0.210. The zero-order chi connectivity index (χ0) is 28.0. The molecule has 1 aliphatic heterocycles. The molecule has 2 heterocycles. The first-order chi connectivity index (χ1) is 17.6. The number of carbonyl (C=O) groups is 1. The van der Waals surface area contributed by atoms with Crippen LogP contribution in [0, 0.1) is 6.92 Å². The third kappa shape index (κ3) is 5.63. The fraction of sp³-hybridized carbons (Fsp3) is 0.500. The lowest BCUT2D eigenvalue weighted by atomic mass is 9.77. The summed E-state index contributed by atoms with van der Waals surface area (Å²) in [5, 5.41) is 11.4. The summed E-state index contributed by atoms with van der Waals surface area (Å²) in [7, 11) is -0.480. The Bertz CT molecular complexity index is 1320. The van der Waals surface area contributed by atoms with E-state index in [0.29, 0.717) is 13.0 Å². The van der Waals surface area contributed by atoms with E-state index >= 15 is 0 Å². The molecule has 38 heavy (non-hydrogen) atoms. The number of aryl methyl sites for hydroxylation is 1. The molecule has 0 spiro atoms. The second kappa shape index (κ2) is 10.3. The highest BCUT2D eigenvalue weighted by molar-refractivity contribution is 8.00. The van der Waals surface area contributed by atoms with Gasteiger partial charge in [-0.25, -0.2) is 0 Å². The summed E-state index contributed by atoms with van der Waals surface area (Å²) in [5.41, 5.74) is 3.53. The molecule has 204 valence electrons. The summed E-state index contributed by atoms with van der Waals surface area (Å²) in [6, 6.07) is 11.6. The number of hydrogen-bond acceptors (Lipinski definition) is 6. The van der Waals surface area contributed by atoms with Gasteiger partial charge in [-0.3, -0.25) is 4.79 Å². The number of aromatic hydroxyl groups is 1. The van der Waals surface area contributed by atoms with Gasteiger partial charge in [0.25, 0.3) is 0 Å². The normalized spacial score (nSPS) is 17.7. The van der Waals surface area contributed by atoms with Crippen molar-refractivity contribution in [3.63, 3.8) is 0 Å². The fourth-order valence-electron chi connectivity index (χ4n) is 4.72. The van der Waals surface area contributed by atoms with Gasteiger partial charge < -0.3 is 24.1 Å². The maximum Gasteiger partial charge on any atom is 0.494 e. The number of thioether (sulfide) groups is 1. The first-order valence-electron chi connectivity index (χ1n) is 13.3. The minimum Gasteiger partial charge on any atom is -0.508 e. The van der Waals surface area contributed by atoms with E-state index < -0.39 is 24.2 Å². The molecule has 1 aliphatic rings. The van der Waals surface area contributed by atoms with Gasteiger partial charge in [0.1, 0.15) is 11.7 Å². The van der Waals surface area contributed by atoms with Crippen LogP contribution in [0.5, 0.6) is 5.75 Å². The number of rotatable bonds is 7. The topological polar surface area (TPSA) is 80.8 Å². The highest BCUT2D eigenvalue weighted by Crippen LogP contribution is 2.45. The minimum absolute atomic E-state index is 0.113. The van der Waals surface area contributed by atoms with Crippen LogP contribution in [0.15, 0.2) is 41.3 Å². The lowest BCUT2D eigenvalue weighted by Gasteiger charge is -2.32. The minimum atomic E-state index is -0.553. The molecule has 0 aliphatic carbocycles. The van der Waals surface area contributed by atoms with Gasteiger partial charge >= 0.3 is 13.1 Å². The largest absolute Gasteiger partial charge is 0.508 e. The predicted molar refractivity (Wildman–Crippen MR) is 156 cm³/mol. The molecule has 2 aromatic carbocycles. The van der Waals surface area contributed by atoms with E-state index in [1.165, 1.54) is 0 Å². The molecule has 1 unspecified atom stereocenters. The SMILES string of the molecule is CCOC(=O)C(Cc1cccc(B2OC(C)(C)C(C)(C)O2)c1)c1[nH]c2ccc(O)c(C)c2c1SC(C)(C)C. The molecular formula is C30H40BNO5S. The number of phenolic OH excluding ortho intramolecular Hbond substituents is 1. The number of aromatic amines is 1. The Morgan fingerprint density at radius 2 is 1.79 bits per heavy atom. The van der Waals surface area contributed by atoms with E-state index in [0.717, 1.165) is 38.1 Å². The summed E-state index contributed by atoms with van der Waals surface area (Å²) in [6.07, 6.45) is 0.446. The number of phenols is 1. The van der Waals surface area contributed by atoms with E-state index in [9.17, 15) is 9.90 Å². The molecule has 0 amide bonds. The number of aromatic nitrogens is 1. The molecule has 0 radical (unpaired) electrons. The molecule has 8 heteroatoms. The number of benzene rings is 2. The standard InChI is InChI=1S/C30H40BNO5S/c1-10-35-27(34)21(17-19-12-11-13-20(16-19)31-36-29(6,7)30(8,9)37-31)25-26(38-28(3,4)5)24-18(2)23(33)15-14-22(24)32-25/h11-16,21,32-33H,10,17H2,1-9H3. The number of ether oxygens (including phenoxy) is 1. The van der Waals surface area contributed by atoms with Crippen molar-refractivity contribution < 1.29 is 23.9 Å². The van der Waals surface area contributed by atoms with E-state index in [-0.39, 0.29) is 16.5 Å². The Morgan fingerprint density at radius 3 is 2.39 bits per heavy atom. The third-order valence-corrected chi connectivity index (χ3v) is 8.66. The van der Waals surface area contributed by atoms with Gasteiger partial charge in [0.2, 0.25) is 0 Å². The van der Waals surface area contributed by atoms with Crippen molar-refractivity contribution in [1.29, 1.82) is 0 Å². The fourth-order valence-corrected chi connectivity index (χ4v) is 6.00. The zero-order valence-corrected chi connectivity index (χ0v) is 24.8. The Balaban J connectivity index is 1.78. The van der Waals surface area contributed by atoms with E-state index in [2.05, 4.69) is 31.8 Å². The van der Waals surface area contributed by atoms with Gasteiger partial charge in [-0.1, -0.05) is 45.0 Å². The zero-order valence-electron chi connectivity index (χ0n) is 24.0. The molecule has 1 saturated heterocycles. The highest BCUT2D eigenvalue weighted by Gasteiger charge is 2.51. The molecule has 1 aromatic heterocycles. The van der Waals surface area contributed by atoms with Crippen LogP contribution in [-0.2, 0) is 25.3 Å². The molecule has 1 atom stereocenters. The lowest BCUT2D eigenvalue weighted by Crippen LogP contribution is -2.41. The van der Waals surface area contributed by atoms with Crippen LogP contribution >= 0.6 is 11.8 Å². The van der Waals surface area contributed by atoms with Crippen molar-refractivity contribution in [3.8, 4) is 5.75 Å². The van der Waals surface area contributed by atoms with Crippen LogP contribution in [0.1, 0.15) is 78.1 Å². The molecular weight excluding hydrogens is 497 g/mol. The van der Waals surface area contributed by atoms with E-state index in [1.54, 1.807) is 17.8 Å². The summed E-state index contributed by atoms with van der Waals surface area (Å²) < 4.78 is 18.0. The van der Waals surface area contributed by atoms with E-state index in [1.807, 2.05) is 65.8 Å². The maximum atomic E-state index is 13.5. The second-order valence-corrected chi connectivity index (χ2v) is 13.9. The van der Waals surface area contributed by atoms with Gasteiger partial charge in [0.05, 0.1) is 17.8 Å². The average Bonchev–Trinajstić information content (AvgIpc) is 3.27. The molecule has 4 rings (SSSR count). The Morgan fingerprint density at radius 1 is 1.13 bits per heavy atom. The van der Waals surface area contributed by atoms with Gasteiger partial charge in [0.15, 0.2) is 0 Å². The van der Waals surface area contributed by atoms with Gasteiger partial charge in [-0.05, 0) is 71.1 Å². The molecule has 0 bridgehead atoms. The first-order valence-corrected chi connectivity index (χ1v) is 14.1. The van der Waals surface area contributed by atoms with Gasteiger partial charge in [-0.15, -0.1) is 11.8 Å². The number of esters is 1. The maximum absolute atomic E-state index is 13.5. The number of H-pyrrole nitrogens is 1. The number of fused-ring (bicyclic) bond motifs is 1. The van der Waals surface area contributed by atoms with Crippen LogP contribution in [0.4, 0.5) is 0 Å². The summed E-state index contributed by atoms with van der Waals surface area (Å²) >= 11 is 1.69. The van der Waals surface area contributed by atoms with E-state index in [4.69, 9.17) is 14.0 Å². The van der Waals surface area contributed by atoms with Crippen molar-refractivity contribution in [3.05, 3.63) is 53.2 Å². The van der Waals surface area contributed by atoms with Crippen LogP contribution in [-0.4, -0.2) is 45.7 Å². The molecule has 0 saturated carbocycles. The van der Waals surface area contributed by atoms with Crippen molar-refractivity contribution in [1.82, 2.24) is 4.98 Å². The Hall–Kier alpha value is -2.42. The van der Waals surface area contributed by atoms with Crippen LogP contribution < -0.4 is 5.46 Å². The highest BCUT2D eigenvalue weighted by atomic mass is 32.2. The smallest absolute Gasteiger partial charge is 0.494 e. The van der Waals surface area contributed by atoms with Crippen LogP contribution in [0.2, 0.25) is 0 Å². The van der Waals surface area contributed by atoms with Crippen molar-refractivity contribution in [2.45, 2.75) is 95.5 Å². The van der Waals surface area contributed by atoms with Gasteiger partial charge in [-0.2, -0.15) is 0 Å². The second-order valence-electron chi connectivity index (χ2n) is 12.1. The monoisotopic (exact) mass is 537 g/mol. The molecule has 2 N–H and O–H groups in total. The van der Waals surface area contributed by atoms with Crippen LogP contribution in [0.3, 0.4) is 0 Å². The summed E-state index contributed by atoms with van der Waals surface area (Å²) in [5.74, 6) is -0.596. The predicted octanol–water partition coefficient (Wildman–Crippen LogP) is 6.26. The Kier molecular flexibility index (Phi) is 7.74. The molecule has 6 nitrogen and oxygen atoms in total. The average molecular weight is 538 g/mol. The number of hydrogen-bond donors (Lipinski definition) is 2. The third-order valence-electron chi connectivity index (χ3n) is 7.42. The lowest BCUT2D eigenvalue weighted by molar-refractivity contribution is -0.145. The van der Waals surface area contributed by atoms with Crippen LogP contribution in [0.25, 0.3) is 10.9 Å². The number of nitrogens with one attached hydrogen (secondary N) is 1. The molecule has 3 aromatic rings. The Labute approximate surface area is 231 Å². The summed E-state index contributed by atoms with van der Waals surface area (Å²) in [6.45, 7) is 18.6. The van der Waals surface area contributed by atoms with Crippen molar-refractivity contribution >= 4 is 41.2 Å². The van der Waals surface area contributed by atoms with Gasteiger partial charge in [0, 0.05) is 31.8 Å². The summed E-state index contributed by atoms with van der Waals surface area (Å²) in [4.78, 5) is 18.0. The van der Waals surface area contributed by atoms with Crippen molar-refractivity contribution in [2.24, 2.45) is 0 Å².